The predicted octanol–water partition coefficient (Wildman–Crippen LogP) is 3.16. The highest BCUT2D eigenvalue weighted by Crippen LogP contribution is 2.37. The van der Waals surface area contributed by atoms with Crippen LogP contribution in [-0.2, 0) is 6.54 Å². The van der Waals surface area contributed by atoms with Crippen molar-refractivity contribution in [3.8, 4) is 0 Å². The van der Waals surface area contributed by atoms with Crippen molar-refractivity contribution < 1.29 is 9.90 Å². The first-order valence-electron chi connectivity index (χ1n) is 8.55. The van der Waals surface area contributed by atoms with Crippen LogP contribution in [0.1, 0.15) is 44.0 Å². The molecule has 0 saturated heterocycles. The smallest absolute Gasteiger partial charge is 0.322 e. The van der Waals surface area contributed by atoms with E-state index in [0.29, 0.717) is 18.2 Å². The summed E-state index contributed by atoms with van der Waals surface area (Å²) in [5.41, 5.74) is 0.573. The molecule has 2 N–H and O–H groups in total. The summed E-state index contributed by atoms with van der Waals surface area (Å²) >= 11 is 0. The fraction of sp³-hybridized carbons (Fsp3) is 0.421. The Balaban J connectivity index is 1.68. The van der Waals surface area contributed by atoms with Gasteiger partial charge in [0.1, 0.15) is 5.82 Å². The molecule has 1 aromatic carbocycles. The largest absolute Gasteiger partial charge is 0.389 e. The molecular weight excluding hydrogens is 316 g/mol. The van der Waals surface area contributed by atoms with E-state index in [4.69, 9.17) is 0 Å². The van der Waals surface area contributed by atoms with Crippen molar-refractivity contribution in [3.63, 3.8) is 0 Å². The Kier molecular flexibility index (Phi) is 4.99. The fourth-order valence-electron chi connectivity index (χ4n) is 2.63. The van der Waals surface area contributed by atoms with Gasteiger partial charge in [-0.15, -0.1) is 0 Å². The number of hydrogen-bond donors (Lipinski definition) is 2. The maximum atomic E-state index is 12.7. The van der Waals surface area contributed by atoms with Crippen LogP contribution in [0, 0.1) is 0 Å². The highest BCUT2D eigenvalue weighted by atomic mass is 16.3. The van der Waals surface area contributed by atoms with E-state index < -0.39 is 5.60 Å². The number of anilines is 1. The molecule has 6 heteroatoms. The van der Waals surface area contributed by atoms with Crippen molar-refractivity contribution >= 4 is 11.7 Å². The monoisotopic (exact) mass is 340 g/mol. The van der Waals surface area contributed by atoms with Crippen LogP contribution in [0.2, 0.25) is 0 Å². The van der Waals surface area contributed by atoms with Crippen molar-refractivity contribution in [2.24, 2.45) is 0 Å². The predicted molar refractivity (Wildman–Crippen MR) is 96.2 cm³/mol. The van der Waals surface area contributed by atoms with E-state index >= 15 is 0 Å². The van der Waals surface area contributed by atoms with Crippen LogP contribution in [0.25, 0.3) is 0 Å². The van der Waals surface area contributed by atoms with Crippen molar-refractivity contribution in [1.29, 1.82) is 0 Å². The van der Waals surface area contributed by atoms with E-state index in [9.17, 15) is 9.90 Å². The number of hydrogen-bond acceptors (Lipinski definition) is 4. The number of amides is 2. The van der Waals surface area contributed by atoms with E-state index in [-0.39, 0.29) is 12.6 Å². The van der Waals surface area contributed by atoms with Crippen LogP contribution in [0.15, 0.2) is 42.7 Å². The van der Waals surface area contributed by atoms with Crippen LogP contribution in [-0.4, -0.2) is 38.2 Å². The highest BCUT2D eigenvalue weighted by Gasteiger charge is 2.26. The van der Waals surface area contributed by atoms with Crippen molar-refractivity contribution in [2.75, 3.05) is 11.9 Å². The minimum Gasteiger partial charge on any atom is -0.389 e. The Morgan fingerprint density at radius 3 is 2.44 bits per heavy atom. The van der Waals surface area contributed by atoms with Gasteiger partial charge in [0.05, 0.1) is 30.2 Å². The first-order chi connectivity index (χ1) is 11.9. The van der Waals surface area contributed by atoms with E-state index in [1.54, 1.807) is 31.1 Å². The summed E-state index contributed by atoms with van der Waals surface area (Å²) in [6.45, 7) is 4.00. The maximum absolute atomic E-state index is 12.7. The number of urea groups is 1. The average molecular weight is 340 g/mol. The Hall–Kier alpha value is -2.47. The summed E-state index contributed by atoms with van der Waals surface area (Å²) in [7, 11) is 0. The first kappa shape index (κ1) is 17.4. The molecule has 1 aromatic heterocycles. The van der Waals surface area contributed by atoms with Crippen molar-refractivity contribution in [2.45, 2.75) is 44.8 Å². The summed E-state index contributed by atoms with van der Waals surface area (Å²) < 4.78 is 0. The number of carbonyl (C=O) groups excluding carboxylic acids is 1. The minimum atomic E-state index is -0.988. The van der Waals surface area contributed by atoms with E-state index in [1.807, 2.05) is 30.3 Å². The number of benzene rings is 1. The van der Waals surface area contributed by atoms with Gasteiger partial charge in [-0.2, -0.15) is 0 Å². The van der Waals surface area contributed by atoms with Gasteiger partial charge in [0, 0.05) is 12.5 Å². The van der Waals surface area contributed by atoms with Gasteiger partial charge in [0.25, 0.3) is 0 Å². The van der Waals surface area contributed by atoms with Gasteiger partial charge in [-0.1, -0.05) is 30.3 Å². The molecule has 1 aliphatic rings. The Labute approximate surface area is 147 Å². The zero-order valence-corrected chi connectivity index (χ0v) is 14.6. The third-order valence-electron chi connectivity index (χ3n) is 3.95. The number of aliphatic hydroxyl groups is 1. The second-order valence-electron chi connectivity index (χ2n) is 7.19. The van der Waals surface area contributed by atoms with Gasteiger partial charge in [-0.25, -0.2) is 14.8 Å². The molecule has 1 saturated carbocycles. The molecule has 0 radical (unpaired) electrons. The molecular formula is C19H24N4O2. The van der Waals surface area contributed by atoms with Gasteiger partial charge in [0.2, 0.25) is 0 Å². The molecule has 1 heterocycles. The lowest BCUT2D eigenvalue weighted by Gasteiger charge is -2.29. The van der Waals surface area contributed by atoms with Gasteiger partial charge in [0.15, 0.2) is 0 Å². The summed E-state index contributed by atoms with van der Waals surface area (Å²) in [5.74, 6) is 1.32. The molecule has 0 unspecified atom stereocenters. The lowest BCUT2D eigenvalue weighted by Crippen LogP contribution is -2.43. The summed E-state index contributed by atoms with van der Waals surface area (Å²) in [4.78, 5) is 22.9. The van der Waals surface area contributed by atoms with Gasteiger partial charge >= 0.3 is 6.03 Å². The summed E-state index contributed by atoms with van der Waals surface area (Å²) in [6, 6.07) is 9.42. The summed E-state index contributed by atoms with van der Waals surface area (Å²) in [5, 5.41) is 13.0. The van der Waals surface area contributed by atoms with E-state index in [2.05, 4.69) is 15.3 Å². The Morgan fingerprint density at radius 2 is 1.88 bits per heavy atom. The fourth-order valence-corrected chi connectivity index (χ4v) is 2.63. The molecule has 2 amide bonds. The zero-order chi connectivity index (χ0) is 17.9. The molecule has 3 rings (SSSR count). The summed E-state index contributed by atoms with van der Waals surface area (Å²) in [6.07, 6.45) is 5.57. The molecule has 132 valence electrons. The molecule has 0 atom stereocenters. The molecule has 2 aromatic rings. The second-order valence-corrected chi connectivity index (χ2v) is 7.19. The van der Waals surface area contributed by atoms with E-state index in [1.165, 1.54) is 0 Å². The van der Waals surface area contributed by atoms with Crippen LogP contribution in [0.5, 0.6) is 0 Å². The standard InChI is InChI=1S/C19H24N4O2/c1-19(2,25)13-23(12-14-6-4-3-5-7-14)18(24)22-16-10-20-17(21-11-16)15-8-9-15/h3-7,10-11,15,25H,8-9,12-13H2,1-2H3,(H,22,24). The highest BCUT2D eigenvalue weighted by molar-refractivity contribution is 5.89. The van der Waals surface area contributed by atoms with Crippen molar-refractivity contribution in [1.82, 2.24) is 14.9 Å². The molecule has 1 fully saturated rings. The molecule has 0 bridgehead atoms. The van der Waals surface area contributed by atoms with Crippen LogP contribution in [0.3, 0.4) is 0 Å². The van der Waals surface area contributed by atoms with Crippen LogP contribution >= 0.6 is 0 Å². The third kappa shape index (κ3) is 5.26. The quantitative estimate of drug-likeness (QED) is 0.847. The lowest BCUT2D eigenvalue weighted by molar-refractivity contribution is 0.0469. The first-order valence-corrected chi connectivity index (χ1v) is 8.55. The number of aromatic nitrogens is 2. The number of rotatable bonds is 6. The van der Waals surface area contributed by atoms with Crippen molar-refractivity contribution in [3.05, 3.63) is 54.1 Å². The topological polar surface area (TPSA) is 78.4 Å². The SMILES string of the molecule is CC(C)(O)CN(Cc1ccccc1)C(=O)Nc1cnc(C2CC2)nc1. The lowest BCUT2D eigenvalue weighted by atomic mass is 10.1. The minimum absolute atomic E-state index is 0.217. The normalized spacial score (nSPS) is 14.2. The third-order valence-corrected chi connectivity index (χ3v) is 3.95. The number of nitrogens with one attached hydrogen (secondary N) is 1. The maximum Gasteiger partial charge on any atom is 0.322 e. The Morgan fingerprint density at radius 1 is 1.24 bits per heavy atom. The van der Waals surface area contributed by atoms with Crippen LogP contribution in [0.4, 0.5) is 10.5 Å². The zero-order valence-electron chi connectivity index (χ0n) is 14.6. The average Bonchev–Trinajstić information content (AvgIpc) is 3.40. The molecule has 6 nitrogen and oxygen atoms in total. The van der Waals surface area contributed by atoms with Gasteiger partial charge in [-0.05, 0) is 32.3 Å². The molecule has 25 heavy (non-hydrogen) atoms. The molecule has 0 aliphatic heterocycles. The van der Waals surface area contributed by atoms with Crippen LogP contribution < -0.4 is 5.32 Å². The Bertz CT molecular complexity index is 706. The van der Waals surface area contributed by atoms with E-state index in [0.717, 1.165) is 24.2 Å². The van der Waals surface area contributed by atoms with Gasteiger partial charge in [-0.3, -0.25) is 0 Å². The number of nitrogens with zero attached hydrogens (tertiary/aromatic N) is 3. The second kappa shape index (κ2) is 7.19. The van der Waals surface area contributed by atoms with Gasteiger partial charge < -0.3 is 15.3 Å². The number of carbonyl (C=O) groups is 1. The molecule has 0 spiro atoms. The molecule has 1 aliphatic carbocycles.